The van der Waals surface area contributed by atoms with Crippen LogP contribution in [0.3, 0.4) is 0 Å². The van der Waals surface area contributed by atoms with Gasteiger partial charge in [0.15, 0.2) is 0 Å². The molecule has 1 N–H and O–H groups in total. The van der Waals surface area contributed by atoms with Crippen LogP contribution in [0.25, 0.3) is 0 Å². The fraction of sp³-hybridized carbons (Fsp3) is 0.353. The number of benzene rings is 1. The summed E-state index contributed by atoms with van der Waals surface area (Å²) in [7, 11) is 1.33. The summed E-state index contributed by atoms with van der Waals surface area (Å²) in [4.78, 5) is 26.3. The fourth-order valence-electron chi connectivity index (χ4n) is 2.77. The van der Waals surface area contributed by atoms with Crippen LogP contribution in [0.4, 0.5) is 11.4 Å². The number of aryl methyl sites for hydroxylation is 1. The number of hydrogen-bond acceptors (Lipinski definition) is 6. The Balaban J connectivity index is 1.92. The molecule has 1 amide bonds. The number of anilines is 2. The molecule has 1 saturated heterocycles. The van der Waals surface area contributed by atoms with Crippen LogP contribution in [0, 0.1) is 6.92 Å². The van der Waals surface area contributed by atoms with E-state index in [1.54, 1.807) is 25.1 Å². The minimum Gasteiger partial charge on any atom is -0.465 e. The van der Waals surface area contributed by atoms with Gasteiger partial charge in [0.05, 0.1) is 29.7 Å². The third-order valence-corrected chi connectivity index (χ3v) is 3.96. The topological polar surface area (TPSA) is 84.7 Å². The SMILES string of the molecule is COC(=O)c1ccc(N2CCCC2)c(NC(=O)c2cc(C)no2)c1. The highest BCUT2D eigenvalue weighted by Crippen LogP contribution is 2.30. The number of esters is 1. The summed E-state index contributed by atoms with van der Waals surface area (Å²) in [5.41, 5.74) is 2.44. The zero-order valence-corrected chi connectivity index (χ0v) is 13.7. The maximum Gasteiger partial charge on any atom is 0.337 e. The highest BCUT2D eigenvalue weighted by Gasteiger charge is 2.20. The lowest BCUT2D eigenvalue weighted by Gasteiger charge is -2.22. The molecule has 3 rings (SSSR count). The van der Waals surface area contributed by atoms with E-state index < -0.39 is 11.9 Å². The van der Waals surface area contributed by atoms with Crippen molar-refractivity contribution < 1.29 is 18.8 Å². The molecule has 1 aliphatic rings. The van der Waals surface area contributed by atoms with Gasteiger partial charge in [0.2, 0.25) is 5.76 Å². The van der Waals surface area contributed by atoms with Crippen molar-refractivity contribution in [3.8, 4) is 0 Å². The summed E-state index contributed by atoms with van der Waals surface area (Å²) in [6, 6.07) is 6.72. The van der Waals surface area contributed by atoms with Crippen LogP contribution in [0.1, 0.15) is 39.4 Å². The van der Waals surface area contributed by atoms with E-state index in [1.165, 1.54) is 7.11 Å². The van der Waals surface area contributed by atoms with Crippen LogP contribution in [-0.2, 0) is 4.74 Å². The Morgan fingerprint density at radius 1 is 1.25 bits per heavy atom. The van der Waals surface area contributed by atoms with Crippen molar-refractivity contribution >= 4 is 23.3 Å². The molecule has 2 aromatic rings. The number of rotatable bonds is 4. The Hall–Kier alpha value is -2.83. The van der Waals surface area contributed by atoms with E-state index in [0.29, 0.717) is 16.9 Å². The van der Waals surface area contributed by atoms with Crippen molar-refractivity contribution in [2.24, 2.45) is 0 Å². The third-order valence-electron chi connectivity index (χ3n) is 3.96. The molecule has 0 aliphatic carbocycles. The summed E-state index contributed by atoms with van der Waals surface area (Å²) in [5.74, 6) is -0.726. The molecule has 0 unspecified atom stereocenters. The Morgan fingerprint density at radius 3 is 2.62 bits per heavy atom. The average Bonchev–Trinajstić information content (AvgIpc) is 3.25. The molecule has 7 heteroatoms. The van der Waals surface area contributed by atoms with Gasteiger partial charge in [-0.25, -0.2) is 4.79 Å². The number of amides is 1. The van der Waals surface area contributed by atoms with E-state index in [1.807, 2.05) is 6.07 Å². The van der Waals surface area contributed by atoms with Crippen molar-refractivity contribution in [2.45, 2.75) is 19.8 Å². The fourth-order valence-corrected chi connectivity index (χ4v) is 2.77. The number of nitrogens with one attached hydrogen (secondary N) is 1. The molecule has 7 nitrogen and oxygen atoms in total. The summed E-state index contributed by atoms with van der Waals surface area (Å²) in [5, 5.41) is 6.53. The van der Waals surface area contributed by atoms with Crippen LogP contribution in [0.15, 0.2) is 28.8 Å². The van der Waals surface area contributed by atoms with Gasteiger partial charge < -0.3 is 19.5 Å². The normalized spacial score (nSPS) is 13.8. The number of carbonyl (C=O) groups excluding carboxylic acids is 2. The van der Waals surface area contributed by atoms with Gasteiger partial charge in [-0.2, -0.15) is 0 Å². The summed E-state index contributed by atoms with van der Waals surface area (Å²) < 4.78 is 9.75. The molecule has 1 aromatic carbocycles. The van der Waals surface area contributed by atoms with Gasteiger partial charge in [0, 0.05) is 19.2 Å². The van der Waals surface area contributed by atoms with Crippen LogP contribution >= 0.6 is 0 Å². The molecule has 126 valence electrons. The minimum absolute atomic E-state index is 0.128. The molecule has 0 radical (unpaired) electrons. The number of hydrogen-bond donors (Lipinski definition) is 1. The lowest BCUT2D eigenvalue weighted by atomic mass is 10.1. The van der Waals surface area contributed by atoms with E-state index >= 15 is 0 Å². The minimum atomic E-state index is -0.450. The first-order valence-electron chi connectivity index (χ1n) is 7.80. The van der Waals surface area contributed by atoms with E-state index in [9.17, 15) is 9.59 Å². The third kappa shape index (κ3) is 3.24. The molecular weight excluding hydrogens is 310 g/mol. The highest BCUT2D eigenvalue weighted by molar-refractivity contribution is 6.05. The Bertz CT molecular complexity index is 763. The zero-order chi connectivity index (χ0) is 17.1. The highest BCUT2D eigenvalue weighted by atomic mass is 16.5. The van der Waals surface area contributed by atoms with Crippen LogP contribution in [0.2, 0.25) is 0 Å². The molecular formula is C17H19N3O4. The molecule has 0 saturated carbocycles. The zero-order valence-electron chi connectivity index (χ0n) is 13.7. The van der Waals surface area contributed by atoms with Gasteiger partial charge in [0.25, 0.3) is 5.91 Å². The van der Waals surface area contributed by atoms with Crippen LogP contribution in [0.5, 0.6) is 0 Å². The average molecular weight is 329 g/mol. The van der Waals surface area contributed by atoms with Crippen molar-refractivity contribution in [1.29, 1.82) is 0 Å². The summed E-state index contributed by atoms with van der Waals surface area (Å²) in [6.45, 7) is 3.58. The lowest BCUT2D eigenvalue weighted by molar-refractivity contribution is 0.0600. The molecule has 24 heavy (non-hydrogen) atoms. The molecule has 0 bridgehead atoms. The van der Waals surface area contributed by atoms with Gasteiger partial charge in [-0.15, -0.1) is 0 Å². The van der Waals surface area contributed by atoms with E-state index in [0.717, 1.165) is 31.6 Å². The maximum absolute atomic E-state index is 12.4. The first kappa shape index (κ1) is 16.0. The van der Waals surface area contributed by atoms with Gasteiger partial charge in [0.1, 0.15) is 0 Å². The van der Waals surface area contributed by atoms with Gasteiger partial charge in [-0.3, -0.25) is 4.79 Å². The second-order valence-corrected chi connectivity index (χ2v) is 5.70. The number of nitrogens with zero attached hydrogens (tertiary/aromatic N) is 2. The van der Waals surface area contributed by atoms with Crippen molar-refractivity contribution in [3.05, 3.63) is 41.3 Å². The first-order chi connectivity index (χ1) is 11.6. The quantitative estimate of drug-likeness (QED) is 0.868. The number of aromatic nitrogens is 1. The number of ether oxygens (including phenoxy) is 1. The smallest absolute Gasteiger partial charge is 0.337 e. The summed E-state index contributed by atoms with van der Waals surface area (Å²) in [6.07, 6.45) is 2.21. The second kappa shape index (κ2) is 6.74. The molecule has 0 atom stereocenters. The number of carbonyl (C=O) groups is 2. The Labute approximate surface area is 139 Å². The standard InChI is InChI=1S/C17H19N3O4/c1-11-9-15(24-19-11)16(21)18-13-10-12(17(22)23-2)5-6-14(13)20-7-3-4-8-20/h5-6,9-10H,3-4,7-8H2,1-2H3,(H,18,21). The monoisotopic (exact) mass is 329 g/mol. The van der Waals surface area contributed by atoms with Gasteiger partial charge >= 0.3 is 5.97 Å². The molecule has 0 spiro atoms. The van der Waals surface area contributed by atoms with Crippen LogP contribution in [-0.4, -0.2) is 37.2 Å². The molecule has 1 fully saturated rings. The van der Waals surface area contributed by atoms with Crippen LogP contribution < -0.4 is 10.2 Å². The van der Waals surface area contributed by atoms with E-state index in [-0.39, 0.29) is 5.76 Å². The summed E-state index contributed by atoms with van der Waals surface area (Å²) >= 11 is 0. The van der Waals surface area contributed by atoms with Crippen molar-refractivity contribution in [2.75, 3.05) is 30.4 Å². The second-order valence-electron chi connectivity index (χ2n) is 5.70. The Morgan fingerprint density at radius 2 is 2.00 bits per heavy atom. The maximum atomic E-state index is 12.4. The van der Waals surface area contributed by atoms with E-state index in [2.05, 4.69) is 15.4 Å². The largest absolute Gasteiger partial charge is 0.465 e. The molecule has 1 aliphatic heterocycles. The van der Waals surface area contributed by atoms with E-state index in [4.69, 9.17) is 9.26 Å². The lowest BCUT2D eigenvalue weighted by Crippen LogP contribution is -2.21. The van der Waals surface area contributed by atoms with Crippen molar-refractivity contribution in [1.82, 2.24) is 5.16 Å². The van der Waals surface area contributed by atoms with Crippen molar-refractivity contribution in [3.63, 3.8) is 0 Å². The number of methoxy groups -OCH3 is 1. The van der Waals surface area contributed by atoms with Gasteiger partial charge in [-0.05, 0) is 38.0 Å². The molecule has 1 aromatic heterocycles. The first-order valence-corrected chi connectivity index (χ1v) is 7.80. The Kier molecular flexibility index (Phi) is 4.50. The molecule has 2 heterocycles. The van der Waals surface area contributed by atoms with Gasteiger partial charge in [-0.1, -0.05) is 5.16 Å². The predicted octanol–water partition coefficient (Wildman–Crippen LogP) is 2.62. The predicted molar refractivity (Wildman–Crippen MR) is 88.4 cm³/mol.